The number of fused-ring (bicyclic) bond motifs is 3. The second kappa shape index (κ2) is 4.91. The van der Waals surface area contributed by atoms with E-state index in [1.165, 1.54) is 11.3 Å². The number of esters is 1. The molecule has 0 saturated heterocycles. The molecule has 106 valence electrons. The highest BCUT2D eigenvalue weighted by molar-refractivity contribution is 7.12. The largest absolute Gasteiger partial charge is 0.489 e. The quantitative estimate of drug-likeness (QED) is 0.659. The monoisotopic (exact) mass is 300 g/mol. The van der Waals surface area contributed by atoms with Gasteiger partial charge in [0.2, 0.25) is 0 Å². The van der Waals surface area contributed by atoms with Gasteiger partial charge in [-0.15, -0.1) is 11.3 Å². The second-order valence-electron chi connectivity index (χ2n) is 4.80. The predicted octanol–water partition coefficient (Wildman–Crippen LogP) is 2.39. The van der Waals surface area contributed by atoms with Crippen LogP contribution < -0.4 is 20.3 Å². The fourth-order valence-corrected chi connectivity index (χ4v) is 3.06. The lowest BCUT2D eigenvalue weighted by Crippen LogP contribution is -2.28. The molecule has 21 heavy (non-hydrogen) atoms. The van der Waals surface area contributed by atoms with Crippen LogP contribution in [0.25, 0.3) is 0 Å². The Morgan fingerprint density at radius 1 is 1.38 bits per heavy atom. The third-order valence-corrected chi connectivity index (χ3v) is 4.33. The Kier molecular flexibility index (Phi) is 2.90. The maximum Gasteiger partial charge on any atom is 0.353 e. The van der Waals surface area contributed by atoms with E-state index >= 15 is 0 Å². The van der Waals surface area contributed by atoms with Gasteiger partial charge in [0.1, 0.15) is 23.0 Å². The van der Waals surface area contributed by atoms with Gasteiger partial charge in [0.15, 0.2) is 0 Å². The number of ether oxygens (including phenoxy) is 2. The van der Waals surface area contributed by atoms with Crippen LogP contribution in [0.15, 0.2) is 47.5 Å². The van der Waals surface area contributed by atoms with E-state index in [4.69, 9.17) is 9.47 Å². The van der Waals surface area contributed by atoms with Crippen LogP contribution in [0.5, 0.6) is 11.5 Å². The lowest BCUT2D eigenvalue weighted by atomic mass is 9.98. The van der Waals surface area contributed by atoms with Gasteiger partial charge < -0.3 is 14.9 Å². The fraction of sp³-hybridized carbons (Fsp3) is 0.133. The first kappa shape index (κ1) is 12.4. The van der Waals surface area contributed by atoms with E-state index in [-0.39, 0.29) is 12.0 Å². The van der Waals surface area contributed by atoms with Crippen molar-refractivity contribution >= 4 is 17.3 Å². The molecule has 0 radical (unpaired) electrons. The maximum atomic E-state index is 12.0. The third kappa shape index (κ3) is 2.18. The lowest BCUT2D eigenvalue weighted by Gasteiger charge is -2.25. The minimum absolute atomic E-state index is 0.0640. The Bertz CT molecular complexity index is 725. The molecule has 3 heterocycles. The topological polar surface area (TPSA) is 59.6 Å². The number of nitrogens with one attached hydrogen (secondary N) is 2. The van der Waals surface area contributed by atoms with Crippen LogP contribution in [0, 0.1) is 0 Å². The van der Waals surface area contributed by atoms with Crippen LogP contribution in [0.3, 0.4) is 0 Å². The molecule has 0 spiro atoms. The molecule has 5 nitrogen and oxygen atoms in total. The van der Waals surface area contributed by atoms with E-state index in [0.29, 0.717) is 17.2 Å². The van der Waals surface area contributed by atoms with E-state index in [9.17, 15) is 4.79 Å². The van der Waals surface area contributed by atoms with Crippen LogP contribution in [0.2, 0.25) is 0 Å². The molecule has 4 rings (SSSR count). The lowest BCUT2D eigenvalue weighted by molar-refractivity contribution is 0.0739. The van der Waals surface area contributed by atoms with Crippen molar-refractivity contribution in [3.8, 4) is 11.5 Å². The summed E-state index contributed by atoms with van der Waals surface area (Å²) in [6.07, 6.45) is 1.90. The summed E-state index contributed by atoms with van der Waals surface area (Å²) in [4.78, 5) is 12.6. The van der Waals surface area contributed by atoms with Gasteiger partial charge in [0.25, 0.3) is 0 Å². The number of carbonyl (C=O) groups excluding carboxylic acids is 1. The number of carbonyl (C=O) groups is 1. The Hall–Kier alpha value is -2.31. The van der Waals surface area contributed by atoms with Crippen molar-refractivity contribution in [2.75, 3.05) is 6.61 Å². The fourth-order valence-electron chi connectivity index (χ4n) is 2.46. The summed E-state index contributed by atoms with van der Waals surface area (Å²) >= 11 is 1.36. The number of rotatable bonds is 2. The van der Waals surface area contributed by atoms with E-state index in [1.54, 1.807) is 12.1 Å². The van der Waals surface area contributed by atoms with Gasteiger partial charge in [-0.1, -0.05) is 6.07 Å². The first-order chi connectivity index (χ1) is 10.3. The molecule has 6 heteroatoms. The SMILES string of the molecule is O=C(Oc1ccc2c(c1)C1NNC=C1CO2)c1cccs1. The average molecular weight is 300 g/mol. The van der Waals surface area contributed by atoms with Crippen LogP contribution in [-0.4, -0.2) is 12.6 Å². The molecule has 1 aromatic heterocycles. The molecule has 2 N–H and O–H groups in total. The van der Waals surface area contributed by atoms with E-state index in [2.05, 4.69) is 10.9 Å². The molecule has 2 aliphatic heterocycles. The highest BCUT2D eigenvalue weighted by atomic mass is 32.1. The van der Waals surface area contributed by atoms with Crippen LogP contribution in [0.4, 0.5) is 0 Å². The molecule has 1 atom stereocenters. The van der Waals surface area contributed by atoms with Crippen molar-refractivity contribution in [2.45, 2.75) is 6.04 Å². The zero-order valence-electron chi connectivity index (χ0n) is 11.0. The van der Waals surface area contributed by atoms with Gasteiger partial charge in [-0.2, -0.15) is 0 Å². The van der Waals surface area contributed by atoms with Gasteiger partial charge in [-0.05, 0) is 29.6 Å². The molecular weight excluding hydrogens is 288 g/mol. The van der Waals surface area contributed by atoms with E-state index in [0.717, 1.165) is 16.9 Å². The van der Waals surface area contributed by atoms with Gasteiger partial charge in [0, 0.05) is 17.3 Å². The van der Waals surface area contributed by atoms with Crippen LogP contribution in [-0.2, 0) is 0 Å². The van der Waals surface area contributed by atoms with Gasteiger partial charge in [0.05, 0.1) is 6.04 Å². The van der Waals surface area contributed by atoms with Crippen molar-refractivity contribution in [3.05, 3.63) is 57.9 Å². The summed E-state index contributed by atoms with van der Waals surface area (Å²) in [6.45, 7) is 0.562. The van der Waals surface area contributed by atoms with Crippen molar-refractivity contribution in [1.29, 1.82) is 0 Å². The van der Waals surface area contributed by atoms with Crippen molar-refractivity contribution in [2.24, 2.45) is 0 Å². The summed E-state index contributed by atoms with van der Waals surface area (Å²) in [5, 5.41) is 1.85. The second-order valence-corrected chi connectivity index (χ2v) is 5.74. The number of hydrazine groups is 1. The van der Waals surface area contributed by atoms with Crippen molar-refractivity contribution in [1.82, 2.24) is 10.9 Å². The molecule has 2 aromatic rings. The maximum absolute atomic E-state index is 12.0. The Balaban J connectivity index is 1.62. The third-order valence-electron chi connectivity index (χ3n) is 3.48. The summed E-state index contributed by atoms with van der Waals surface area (Å²) in [5.41, 5.74) is 8.25. The number of hydrogen-bond acceptors (Lipinski definition) is 6. The minimum Gasteiger partial charge on any atom is -0.489 e. The Morgan fingerprint density at radius 2 is 2.33 bits per heavy atom. The first-order valence-electron chi connectivity index (χ1n) is 6.54. The van der Waals surface area contributed by atoms with Crippen LogP contribution in [0.1, 0.15) is 21.3 Å². The first-order valence-corrected chi connectivity index (χ1v) is 7.41. The molecule has 1 aromatic carbocycles. The predicted molar refractivity (Wildman–Crippen MR) is 78.3 cm³/mol. The van der Waals surface area contributed by atoms with Gasteiger partial charge in [-0.25, -0.2) is 10.2 Å². The molecule has 0 bridgehead atoms. The summed E-state index contributed by atoms with van der Waals surface area (Å²) in [5.74, 6) is 0.991. The number of thiophene rings is 1. The van der Waals surface area contributed by atoms with Crippen molar-refractivity contribution in [3.63, 3.8) is 0 Å². The summed E-state index contributed by atoms with van der Waals surface area (Å²) in [7, 11) is 0. The number of hydrogen-bond donors (Lipinski definition) is 2. The smallest absolute Gasteiger partial charge is 0.353 e. The normalized spacial score (nSPS) is 18.9. The molecule has 2 aliphatic rings. The van der Waals surface area contributed by atoms with Crippen LogP contribution >= 0.6 is 11.3 Å². The molecule has 0 fully saturated rings. The minimum atomic E-state index is -0.338. The average Bonchev–Trinajstić information content (AvgIpc) is 3.18. The van der Waals surface area contributed by atoms with E-state index < -0.39 is 0 Å². The molecule has 0 aliphatic carbocycles. The summed E-state index contributed by atoms with van der Waals surface area (Å²) < 4.78 is 11.1. The Labute approximate surface area is 125 Å². The van der Waals surface area contributed by atoms with E-state index in [1.807, 2.05) is 29.8 Å². The molecule has 1 unspecified atom stereocenters. The zero-order valence-corrected chi connectivity index (χ0v) is 11.8. The zero-order chi connectivity index (χ0) is 14.2. The highest BCUT2D eigenvalue weighted by Crippen LogP contribution is 2.38. The van der Waals surface area contributed by atoms with Gasteiger partial charge >= 0.3 is 5.97 Å². The molecule has 0 amide bonds. The Morgan fingerprint density at radius 3 is 3.19 bits per heavy atom. The highest BCUT2D eigenvalue weighted by Gasteiger charge is 2.29. The van der Waals surface area contributed by atoms with Gasteiger partial charge in [-0.3, -0.25) is 0 Å². The van der Waals surface area contributed by atoms with Crippen molar-refractivity contribution < 1.29 is 14.3 Å². The summed E-state index contributed by atoms with van der Waals surface area (Å²) in [6, 6.07) is 9.07. The standard InChI is InChI=1S/C15H12N2O3S/c18-15(13-2-1-5-21-13)20-10-3-4-12-11(6-10)14-9(8-19-12)7-16-17-14/h1-7,14,16-17H,8H2. The molecular formula is C15H12N2O3S. The molecule has 0 saturated carbocycles. The number of benzene rings is 1.